The van der Waals surface area contributed by atoms with Gasteiger partial charge in [-0.3, -0.25) is 4.57 Å². The summed E-state index contributed by atoms with van der Waals surface area (Å²) < 4.78 is 37.8. The van der Waals surface area contributed by atoms with Crippen molar-refractivity contribution >= 4 is 76.5 Å². The van der Waals surface area contributed by atoms with E-state index in [1.165, 1.54) is 65.6 Å². The summed E-state index contributed by atoms with van der Waals surface area (Å²) >= 11 is 0. The van der Waals surface area contributed by atoms with Gasteiger partial charge >= 0.3 is 0 Å². The molecule has 8 aromatic carbocycles. The first kappa shape index (κ1) is 40.0. The molecule has 0 radical (unpaired) electrons. The number of benzene rings is 8. The Bertz CT molecular complexity index is 4130. The molecule has 12 rings (SSSR count). The largest absolute Gasteiger partial charge is 0.457 e. The summed E-state index contributed by atoms with van der Waals surface area (Å²) in [5.74, 6) is 1.88. The van der Waals surface area contributed by atoms with Gasteiger partial charge in [0.1, 0.15) is 24.0 Å². The quantitative estimate of drug-likeness (QED) is 0.173. The van der Waals surface area contributed by atoms with Crippen LogP contribution in [0.25, 0.3) is 82.1 Å². The summed E-state index contributed by atoms with van der Waals surface area (Å²) in [7, 11) is 0. The second-order valence-electron chi connectivity index (χ2n) is 21.2. The number of para-hydroxylation sites is 2. The highest BCUT2D eigenvalue weighted by Crippen LogP contribution is 2.45. The number of hydrogen-bond donors (Lipinski definition) is 0. The second-order valence-corrected chi connectivity index (χ2v) is 21.2. The Morgan fingerprint density at radius 2 is 1.19 bits per heavy atom. The highest BCUT2D eigenvalue weighted by atomic mass is 16.5. The monoisotopic (exact) mass is 913 g/mol. The number of hydrogen-bond acceptors (Lipinski definition) is 3. The molecular formula is C65H58N4O. The lowest BCUT2D eigenvalue weighted by Gasteiger charge is -2.21. The maximum atomic E-state index is 8.77. The topological polar surface area (TPSA) is 35.2 Å². The van der Waals surface area contributed by atoms with Gasteiger partial charge in [-0.15, -0.1) is 0 Å². The minimum Gasteiger partial charge on any atom is -0.457 e. The third kappa shape index (κ3) is 7.17. The molecule has 70 heavy (non-hydrogen) atoms. The Hall–Kier alpha value is -7.89. The summed E-state index contributed by atoms with van der Waals surface area (Å²) in [5, 5.41) is 9.36. The Kier molecular flexibility index (Phi) is 9.21. The Morgan fingerprint density at radius 1 is 0.514 bits per heavy atom. The van der Waals surface area contributed by atoms with Crippen molar-refractivity contribution in [3.05, 3.63) is 204 Å². The van der Waals surface area contributed by atoms with Gasteiger partial charge in [-0.25, -0.2) is 4.98 Å². The molecule has 0 bridgehead atoms. The van der Waals surface area contributed by atoms with Crippen molar-refractivity contribution in [3.8, 4) is 28.4 Å². The van der Waals surface area contributed by atoms with Crippen LogP contribution in [0.5, 0.6) is 11.5 Å². The molecule has 0 spiro atoms. The van der Waals surface area contributed by atoms with E-state index in [0.717, 1.165) is 38.7 Å². The van der Waals surface area contributed by atoms with Gasteiger partial charge < -0.3 is 14.2 Å². The van der Waals surface area contributed by atoms with E-state index in [1.807, 2.05) is 24.3 Å². The summed E-state index contributed by atoms with van der Waals surface area (Å²) in [6.45, 7) is 15.8. The highest BCUT2D eigenvalue weighted by Gasteiger charge is 2.26. The van der Waals surface area contributed by atoms with Crippen LogP contribution in [0.3, 0.4) is 0 Å². The number of nitrogens with zero attached hydrogens (tertiary/aromatic N) is 4. The van der Waals surface area contributed by atoms with Crippen molar-refractivity contribution in [3.63, 3.8) is 0 Å². The van der Waals surface area contributed by atoms with Gasteiger partial charge in [-0.2, -0.15) is 0 Å². The molecular weight excluding hydrogens is 853 g/mol. The van der Waals surface area contributed by atoms with Crippen molar-refractivity contribution in [1.82, 2.24) is 14.1 Å². The highest BCUT2D eigenvalue weighted by molar-refractivity contribution is 6.21. The van der Waals surface area contributed by atoms with Crippen LogP contribution in [0.2, 0.25) is 0 Å². The van der Waals surface area contributed by atoms with E-state index in [1.54, 1.807) is 12.3 Å². The van der Waals surface area contributed by atoms with Gasteiger partial charge in [0.05, 0.1) is 27.8 Å². The molecule has 0 aliphatic carbocycles. The predicted octanol–water partition coefficient (Wildman–Crippen LogP) is 17.8. The van der Waals surface area contributed by atoms with Crippen molar-refractivity contribution < 1.29 is 8.85 Å². The van der Waals surface area contributed by atoms with Crippen LogP contribution in [0.4, 0.5) is 11.4 Å². The second kappa shape index (κ2) is 16.1. The van der Waals surface area contributed by atoms with Gasteiger partial charge in [0.2, 0.25) is 0 Å². The normalized spacial score (nSPS) is 13.7. The Balaban J connectivity index is 0.987. The van der Waals surface area contributed by atoms with E-state index in [4.69, 9.17) is 13.8 Å². The van der Waals surface area contributed by atoms with E-state index >= 15 is 0 Å². The average molecular weight is 914 g/mol. The van der Waals surface area contributed by atoms with E-state index < -0.39 is 6.85 Å². The molecule has 0 amide bonds. The van der Waals surface area contributed by atoms with Crippen LogP contribution < -0.4 is 9.64 Å². The van der Waals surface area contributed by atoms with Gasteiger partial charge in [0.25, 0.3) is 0 Å². The maximum absolute atomic E-state index is 8.77. The van der Waals surface area contributed by atoms with E-state index in [-0.39, 0.29) is 16.4 Å². The molecule has 1 aliphatic rings. The Labute approximate surface area is 414 Å². The summed E-state index contributed by atoms with van der Waals surface area (Å²) in [6.07, 6.45) is 1.72. The fraction of sp³-hybridized carbons (Fsp3) is 0.185. The molecule has 0 atom stereocenters. The van der Waals surface area contributed by atoms with Gasteiger partial charge in [-0.05, 0) is 129 Å². The third-order valence-electron chi connectivity index (χ3n) is 14.5. The molecule has 0 fully saturated rings. The molecule has 11 aromatic rings. The molecule has 5 heteroatoms. The third-order valence-corrected chi connectivity index (χ3v) is 14.5. The van der Waals surface area contributed by atoms with Crippen LogP contribution in [0, 0.1) is 20.7 Å². The molecule has 0 unspecified atom stereocenters. The summed E-state index contributed by atoms with van der Waals surface area (Å²) in [6, 6.07) is 60.1. The maximum Gasteiger partial charge on any atom is 0.137 e. The molecule has 0 saturated heterocycles. The van der Waals surface area contributed by atoms with Gasteiger partial charge in [-0.1, -0.05) is 156 Å². The van der Waals surface area contributed by atoms with Crippen LogP contribution in [-0.2, 0) is 17.5 Å². The minimum atomic E-state index is -2.39. The zero-order chi connectivity index (χ0) is 50.7. The zero-order valence-corrected chi connectivity index (χ0v) is 41.1. The lowest BCUT2D eigenvalue weighted by atomic mass is 9.86. The Morgan fingerprint density at radius 3 is 1.96 bits per heavy atom. The van der Waals surface area contributed by atoms with Gasteiger partial charge in [0, 0.05) is 55.2 Å². The van der Waals surface area contributed by atoms with E-state index in [2.05, 4.69) is 209 Å². The average Bonchev–Trinajstić information content (AvgIpc) is 3.92. The molecule has 344 valence electrons. The van der Waals surface area contributed by atoms with Crippen molar-refractivity contribution in [2.75, 3.05) is 4.90 Å². The van der Waals surface area contributed by atoms with Crippen molar-refractivity contribution in [2.45, 2.75) is 79.7 Å². The van der Waals surface area contributed by atoms with Crippen LogP contribution in [-0.4, -0.2) is 14.1 Å². The van der Waals surface area contributed by atoms with E-state index in [9.17, 15) is 0 Å². The summed E-state index contributed by atoms with van der Waals surface area (Å²) in [5.41, 5.74) is 12.7. The first-order valence-electron chi connectivity index (χ1n) is 25.9. The van der Waals surface area contributed by atoms with Crippen molar-refractivity contribution in [1.29, 1.82) is 0 Å². The first-order valence-corrected chi connectivity index (χ1v) is 24.4. The van der Waals surface area contributed by atoms with E-state index in [0.29, 0.717) is 29.5 Å². The number of aryl methyl sites for hydroxylation is 3. The smallest absolute Gasteiger partial charge is 0.137 e. The number of anilines is 2. The zero-order valence-electron chi connectivity index (χ0n) is 44.1. The molecule has 0 saturated carbocycles. The molecule has 3 aromatic heterocycles. The minimum absolute atomic E-state index is 0.0340. The predicted molar refractivity (Wildman–Crippen MR) is 296 cm³/mol. The molecule has 0 N–H and O–H groups in total. The van der Waals surface area contributed by atoms with Gasteiger partial charge in [0.15, 0.2) is 0 Å². The summed E-state index contributed by atoms with van der Waals surface area (Å²) in [4.78, 5) is 7.45. The fourth-order valence-corrected chi connectivity index (χ4v) is 10.8. The SMILES string of the molecule is [2H]C([2H])([2H])c1cc(-n2c3ccc(C(C)(C)C)cc3c3ccc(Oc4cccc(N5Cn6c7c(C)cccc7c7cc(C)ccc7c7ccccc7c7cccc5c76)c4)cc32)ncc1-c1ccc(C(C)(C)C)cc1. The number of rotatable bonds is 5. The number of pyridine rings is 1. The first-order chi connectivity index (χ1) is 34.9. The van der Waals surface area contributed by atoms with Crippen molar-refractivity contribution in [2.24, 2.45) is 0 Å². The number of fused-ring (bicyclic) bond motifs is 10. The standard InChI is InChI=1S/C65H58N4O/c1-40-23-30-51-49-18-10-11-19-50(49)53-21-14-22-59-63(53)68(62-41(2)15-12-20-54(62)55(51)33-40)39-67(59)46-16-13-17-47(36-46)70-48-29-31-52-56-35-45(65(7,8)9)28-32-58(56)69(60(52)37-48)61-34-42(3)57(38-66-61)43-24-26-44(27-25-43)64(4,5)6/h10-38H,39H2,1-9H3/i3D3. The number of ether oxygens (including phenoxy) is 1. The lowest BCUT2D eigenvalue weighted by molar-refractivity contribution is 0.483. The van der Waals surface area contributed by atoms with Crippen LogP contribution >= 0.6 is 0 Å². The van der Waals surface area contributed by atoms with Crippen LogP contribution in [0.15, 0.2) is 176 Å². The lowest BCUT2D eigenvalue weighted by Crippen LogP contribution is -2.14. The molecule has 5 nitrogen and oxygen atoms in total. The number of aromatic nitrogens is 3. The fourth-order valence-electron chi connectivity index (χ4n) is 10.8. The van der Waals surface area contributed by atoms with Crippen LogP contribution in [0.1, 0.15) is 73.5 Å². The molecule has 4 heterocycles. The molecule has 1 aliphatic heterocycles.